The summed E-state index contributed by atoms with van der Waals surface area (Å²) in [5.74, 6) is -1.42. The maximum atomic E-state index is 12.9. The van der Waals surface area contributed by atoms with Crippen LogP contribution in [-0.4, -0.2) is 96.7 Å². The molecule has 0 heterocycles. The molecule has 0 saturated carbocycles. The molecule has 0 rings (SSSR count). The summed E-state index contributed by atoms with van der Waals surface area (Å²) in [4.78, 5) is 72.0. The molecule has 80 heavy (non-hydrogen) atoms. The summed E-state index contributed by atoms with van der Waals surface area (Å²) in [5, 5.41) is 10.5. The summed E-state index contributed by atoms with van der Waals surface area (Å²) in [5.41, 5.74) is 0. The summed E-state index contributed by atoms with van der Waals surface area (Å²) in [6.45, 7) is 7.09. The van der Waals surface area contributed by atoms with E-state index in [1.54, 1.807) is 0 Å². The Morgan fingerprint density at radius 1 is 0.350 bits per heavy atom. The van der Waals surface area contributed by atoms with Crippen molar-refractivity contribution in [2.24, 2.45) is 5.92 Å². The van der Waals surface area contributed by atoms with Crippen LogP contribution in [0, 0.1) is 5.92 Å². The summed E-state index contributed by atoms with van der Waals surface area (Å²) in [6.07, 6.45) is 37.5. The molecular formula is C61H118O17P2. The highest BCUT2D eigenvalue weighted by Gasteiger charge is 2.30. The van der Waals surface area contributed by atoms with Gasteiger partial charge in [-0.2, -0.15) is 0 Å². The number of esters is 4. The van der Waals surface area contributed by atoms with Gasteiger partial charge < -0.3 is 33.8 Å². The van der Waals surface area contributed by atoms with Crippen molar-refractivity contribution in [2.45, 2.75) is 323 Å². The molecule has 0 saturated heterocycles. The van der Waals surface area contributed by atoms with Gasteiger partial charge in [0, 0.05) is 25.7 Å². The van der Waals surface area contributed by atoms with E-state index in [-0.39, 0.29) is 25.7 Å². The van der Waals surface area contributed by atoms with Crippen LogP contribution in [0.3, 0.4) is 0 Å². The van der Waals surface area contributed by atoms with Crippen molar-refractivity contribution in [3.8, 4) is 0 Å². The first-order valence-electron chi connectivity index (χ1n) is 32.2. The van der Waals surface area contributed by atoms with E-state index in [9.17, 15) is 43.2 Å². The Morgan fingerprint density at radius 3 is 0.887 bits per heavy atom. The van der Waals surface area contributed by atoms with E-state index >= 15 is 0 Å². The van der Waals surface area contributed by atoms with Crippen LogP contribution in [0.2, 0.25) is 0 Å². The van der Waals surface area contributed by atoms with Gasteiger partial charge in [0.1, 0.15) is 19.3 Å². The Labute approximate surface area is 486 Å². The minimum Gasteiger partial charge on any atom is -0.462 e. The van der Waals surface area contributed by atoms with Crippen LogP contribution >= 0.6 is 15.6 Å². The lowest BCUT2D eigenvalue weighted by Crippen LogP contribution is -2.30. The number of carbonyl (C=O) groups is 4. The second kappa shape index (κ2) is 55.0. The third kappa shape index (κ3) is 54.0. The van der Waals surface area contributed by atoms with Gasteiger partial charge >= 0.3 is 39.5 Å². The number of hydrogen-bond acceptors (Lipinski definition) is 15. The number of phosphoric acid groups is 2. The van der Waals surface area contributed by atoms with E-state index in [0.717, 1.165) is 102 Å². The van der Waals surface area contributed by atoms with Crippen molar-refractivity contribution < 1.29 is 80.2 Å². The smallest absolute Gasteiger partial charge is 0.462 e. The van der Waals surface area contributed by atoms with E-state index in [1.807, 2.05) is 0 Å². The molecular weight excluding hydrogens is 1070 g/mol. The number of hydrogen-bond donors (Lipinski definition) is 3. The molecule has 0 spiro atoms. The maximum Gasteiger partial charge on any atom is 0.472 e. The number of carbonyl (C=O) groups excluding carboxylic acids is 4. The molecule has 0 fully saturated rings. The average molecular weight is 1190 g/mol. The minimum atomic E-state index is -4.94. The van der Waals surface area contributed by atoms with Gasteiger partial charge in [0.15, 0.2) is 12.2 Å². The molecule has 0 aromatic carbocycles. The number of aliphatic hydroxyl groups excluding tert-OH is 1. The molecule has 3 N–H and O–H groups in total. The summed E-state index contributed by atoms with van der Waals surface area (Å²) in [7, 11) is -9.88. The molecule has 17 nitrogen and oxygen atoms in total. The zero-order chi connectivity index (χ0) is 59.2. The quantitative estimate of drug-likeness (QED) is 0.0222. The Hall–Kier alpha value is -1.94. The summed E-state index contributed by atoms with van der Waals surface area (Å²) in [6, 6.07) is 0. The fraction of sp³-hybridized carbons (Fsp3) is 0.934. The van der Waals surface area contributed by atoms with Crippen molar-refractivity contribution >= 4 is 39.5 Å². The van der Waals surface area contributed by atoms with Gasteiger partial charge in [-0.25, -0.2) is 9.13 Å². The number of phosphoric ester groups is 2. The molecule has 474 valence electrons. The lowest BCUT2D eigenvalue weighted by Gasteiger charge is -2.21. The number of aliphatic hydroxyl groups is 1. The Morgan fingerprint density at radius 2 is 0.600 bits per heavy atom. The third-order valence-corrected chi connectivity index (χ3v) is 16.3. The SMILES string of the molecule is CCCCCCCCCCCCCC(=O)OC[C@H](COP(=O)(O)OC[C@@H](O)COP(=O)(O)OC[C@@H](COC(=O)CCCCCCCCCC)OC(=O)CCCCCCCCC(C)CC)OC(=O)CCCCCCCCCCCCC. The van der Waals surface area contributed by atoms with E-state index in [0.29, 0.717) is 25.7 Å². The van der Waals surface area contributed by atoms with E-state index in [1.165, 1.54) is 122 Å². The number of rotatable bonds is 61. The molecule has 0 bridgehead atoms. The highest BCUT2D eigenvalue weighted by atomic mass is 31.2. The highest BCUT2D eigenvalue weighted by molar-refractivity contribution is 7.47. The van der Waals surface area contributed by atoms with Gasteiger partial charge in [-0.15, -0.1) is 0 Å². The molecule has 0 aliphatic heterocycles. The molecule has 0 aliphatic carbocycles. The summed E-state index contributed by atoms with van der Waals surface area (Å²) < 4.78 is 67.8. The first-order valence-corrected chi connectivity index (χ1v) is 35.2. The van der Waals surface area contributed by atoms with Crippen LogP contribution in [0.15, 0.2) is 0 Å². The fourth-order valence-electron chi connectivity index (χ4n) is 9.02. The van der Waals surface area contributed by atoms with Gasteiger partial charge in [0.2, 0.25) is 0 Å². The second-order valence-corrected chi connectivity index (χ2v) is 25.2. The van der Waals surface area contributed by atoms with E-state index < -0.39 is 97.5 Å². The largest absolute Gasteiger partial charge is 0.472 e. The second-order valence-electron chi connectivity index (χ2n) is 22.3. The average Bonchev–Trinajstić information content (AvgIpc) is 3.43. The molecule has 0 aromatic rings. The predicted octanol–water partition coefficient (Wildman–Crippen LogP) is 16.6. The Kier molecular flexibility index (Phi) is 53.6. The van der Waals surface area contributed by atoms with Crippen LogP contribution in [-0.2, 0) is 65.4 Å². The Bertz CT molecular complexity index is 1570. The lowest BCUT2D eigenvalue weighted by molar-refractivity contribution is -0.161. The van der Waals surface area contributed by atoms with Gasteiger partial charge in [-0.3, -0.25) is 37.3 Å². The molecule has 19 heteroatoms. The third-order valence-electron chi connectivity index (χ3n) is 14.4. The fourth-order valence-corrected chi connectivity index (χ4v) is 10.6. The van der Waals surface area contributed by atoms with Crippen LogP contribution < -0.4 is 0 Å². The van der Waals surface area contributed by atoms with Crippen molar-refractivity contribution in [3.63, 3.8) is 0 Å². The van der Waals surface area contributed by atoms with E-state index in [4.69, 9.17) is 37.0 Å². The van der Waals surface area contributed by atoms with Gasteiger partial charge in [0.05, 0.1) is 26.4 Å². The molecule has 6 atom stereocenters. The van der Waals surface area contributed by atoms with Crippen molar-refractivity contribution in [2.75, 3.05) is 39.6 Å². The van der Waals surface area contributed by atoms with Crippen LogP contribution in [0.25, 0.3) is 0 Å². The monoisotopic (exact) mass is 1180 g/mol. The molecule has 0 aliphatic rings. The highest BCUT2D eigenvalue weighted by Crippen LogP contribution is 2.45. The maximum absolute atomic E-state index is 12.9. The van der Waals surface area contributed by atoms with Gasteiger partial charge in [-0.1, -0.05) is 253 Å². The van der Waals surface area contributed by atoms with Crippen LogP contribution in [0.5, 0.6) is 0 Å². The van der Waals surface area contributed by atoms with Crippen molar-refractivity contribution in [1.29, 1.82) is 0 Å². The summed E-state index contributed by atoms with van der Waals surface area (Å²) >= 11 is 0. The van der Waals surface area contributed by atoms with Gasteiger partial charge in [0.25, 0.3) is 0 Å². The topological polar surface area (TPSA) is 237 Å². The zero-order valence-corrected chi connectivity index (χ0v) is 53.0. The lowest BCUT2D eigenvalue weighted by atomic mass is 10.00. The van der Waals surface area contributed by atoms with E-state index in [2.05, 4.69) is 34.6 Å². The van der Waals surface area contributed by atoms with Crippen molar-refractivity contribution in [3.05, 3.63) is 0 Å². The first-order chi connectivity index (χ1) is 38.6. The zero-order valence-electron chi connectivity index (χ0n) is 51.2. The van der Waals surface area contributed by atoms with Crippen molar-refractivity contribution in [1.82, 2.24) is 0 Å². The minimum absolute atomic E-state index is 0.103. The molecule has 0 radical (unpaired) electrons. The van der Waals surface area contributed by atoms with Crippen LogP contribution in [0.4, 0.5) is 0 Å². The number of ether oxygens (including phenoxy) is 4. The molecule has 0 amide bonds. The predicted molar refractivity (Wildman–Crippen MR) is 317 cm³/mol. The first kappa shape index (κ1) is 78.1. The normalized spacial score (nSPS) is 14.7. The number of unbranched alkanes of at least 4 members (excludes halogenated alkanes) is 32. The van der Waals surface area contributed by atoms with Crippen LogP contribution in [0.1, 0.15) is 304 Å². The Balaban J connectivity index is 5.23. The molecule has 0 aromatic heterocycles. The molecule has 3 unspecified atom stereocenters. The van der Waals surface area contributed by atoms with Gasteiger partial charge in [-0.05, 0) is 31.6 Å². The standard InChI is InChI=1S/C61H118O17P2/c1-6-10-13-16-19-22-24-26-29-35-40-45-59(64)72-50-56(77-60(65)46-41-36-30-27-25-23-20-17-14-11-7-2)52-75-79(67,68)73-48-55(62)49-74-80(69,70)76-53-57(51-71-58(63)44-39-34-28-21-18-15-12-8-3)78-61(66)47-42-37-32-31-33-38-43-54(5)9-4/h54-57,62H,6-53H2,1-5H3,(H,67,68)(H,69,70)/t54?,55-,56-,57-/m1/s1.